The summed E-state index contributed by atoms with van der Waals surface area (Å²) in [5.41, 5.74) is 3.10. The molecule has 0 aliphatic heterocycles. The van der Waals surface area contributed by atoms with E-state index in [-0.39, 0.29) is 17.1 Å². The number of hydrogen-bond acceptors (Lipinski definition) is 3. The van der Waals surface area contributed by atoms with Gasteiger partial charge in [-0.25, -0.2) is 0 Å². The van der Waals surface area contributed by atoms with Gasteiger partial charge in [-0.15, -0.1) is 13.2 Å². The SMILES string of the molecule is O=C1c2cc(OC(F)(F)F)ccc2CCC1[n+]1ccc(NCc2ccccc2)cc1. The van der Waals surface area contributed by atoms with Crippen molar-refractivity contribution in [2.75, 3.05) is 5.32 Å². The van der Waals surface area contributed by atoms with Gasteiger partial charge in [0.15, 0.2) is 12.4 Å². The molecule has 0 fully saturated rings. The summed E-state index contributed by atoms with van der Waals surface area (Å²) >= 11 is 0. The van der Waals surface area contributed by atoms with E-state index in [4.69, 9.17) is 0 Å². The fourth-order valence-electron chi connectivity index (χ4n) is 3.65. The van der Waals surface area contributed by atoms with Crippen molar-refractivity contribution in [2.24, 2.45) is 0 Å². The second-order valence-corrected chi connectivity index (χ2v) is 7.16. The number of ether oxygens (including phenoxy) is 1. The van der Waals surface area contributed by atoms with Crippen LogP contribution in [0.15, 0.2) is 73.1 Å². The Bertz CT molecular complexity index is 1030. The Balaban J connectivity index is 1.47. The van der Waals surface area contributed by atoms with E-state index in [1.165, 1.54) is 18.2 Å². The Morgan fingerprint density at radius 3 is 2.47 bits per heavy atom. The molecular weight excluding hydrogens is 393 g/mol. The molecule has 154 valence electrons. The van der Waals surface area contributed by atoms with Gasteiger partial charge in [-0.1, -0.05) is 36.4 Å². The van der Waals surface area contributed by atoms with Crippen LogP contribution in [0.5, 0.6) is 5.75 Å². The van der Waals surface area contributed by atoms with Gasteiger partial charge in [-0.05, 0) is 29.7 Å². The molecule has 1 aromatic heterocycles. The molecule has 0 spiro atoms. The highest BCUT2D eigenvalue weighted by Gasteiger charge is 2.36. The van der Waals surface area contributed by atoms with Gasteiger partial charge in [0, 0.05) is 36.3 Å². The first-order valence-electron chi connectivity index (χ1n) is 9.60. The molecule has 0 saturated heterocycles. The number of aryl methyl sites for hydroxylation is 1. The first-order chi connectivity index (χ1) is 14.4. The molecule has 0 saturated carbocycles. The van der Waals surface area contributed by atoms with Gasteiger partial charge in [0.25, 0.3) is 0 Å². The number of fused-ring (bicyclic) bond motifs is 1. The average molecular weight is 413 g/mol. The van der Waals surface area contributed by atoms with Crippen LogP contribution < -0.4 is 14.6 Å². The number of pyridine rings is 1. The maximum absolute atomic E-state index is 13.0. The van der Waals surface area contributed by atoms with Crippen LogP contribution in [-0.2, 0) is 13.0 Å². The number of aromatic nitrogens is 1. The average Bonchev–Trinajstić information content (AvgIpc) is 2.73. The van der Waals surface area contributed by atoms with Gasteiger partial charge in [0.05, 0.1) is 0 Å². The Hall–Kier alpha value is -3.35. The molecule has 0 radical (unpaired) electrons. The summed E-state index contributed by atoms with van der Waals surface area (Å²) in [5, 5.41) is 3.33. The van der Waals surface area contributed by atoms with Crippen LogP contribution in [0.2, 0.25) is 0 Å². The number of carbonyl (C=O) groups excluding carboxylic acids is 1. The van der Waals surface area contributed by atoms with E-state index in [0.717, 1.165) is 16.8 Å². The second kappa shape index (κ2) is 8.18. The number of ketones is 1. The summed E-state index contributed by atoms with van der Waals surface area (Å²) in [5.74, 6) is -0.584. The van der Waals surface area contributed by atoms with E-state index < -0.39 is 12.4 Å². The predicted molar refractivity (Wildman–Crippen MR) is 105 cm³/mol. The summed E-state index contributed by atoms with van der Waals surface area (Å²) in [6.45, 7) is 0.683. The molecule has 30 heavy (non-hydrogen) atoms. The number of hydrogen-bond donors (Lipinski definition) is 1. The van der Waals surface area contributed by atoms with Crippen LogP contribution >= 0.6 is 0 Å². The molecule has 1 aliphatic carbocycles. The second-order valence-electron chi connectivity index (χ2n) is 7.16. The number of Topliss-reactive ketones (excluding diaryl/α,β-unsaturated/α-hetero) is 1. The van der Waals surface area contributed by atoms with Crippen LogP contribution in [0, 0.1) is 0 Å². The van der Waals surface area contributed by atoms with Crippen LogP contribution in [0.3, 0.4) is 0 Å². The molecular formula is C23H20F3N2O2+. The normalized spacial score (nSPS) is 16.1. The standard InChI is InChI=1S/C23H19F3N2O2/c24-23(25,26)30-19-8-6-17-7-9-21(22(29)20(17)14-19)28-12-10-18(11-13-28)27-15-16-4-2-1-3-5-16/h1-6,8,10-14,21H,7,9,15H2/p+1. The predicted octanol–water partition coefficient (Wildman–Crippen LogP) is 4.86. The van der Waals surface area contributed by atoms with Crippen molar-refractivity contribution in [3.05, 3.63) is 89.7 Å². The van der Waals surface area contributed by atoms with Crippen molar-refractivity contribution in [3.63, 3.8) is 0 Å². The molecule has 3 aromatic rings. The highest BCUT2D eigenvalue weighted by molar-refractivity contribution is 6.00. The van der Waals surface area contributed by atoms with E-state index in [1.54, 1.807) is 4.57 Å². The molecule has 0 amide bonds. The zero-order valence-electron chi connectivity index (χ0n) is 16.0. The van der Waals surface area contributed by atoms with E-state index in [1.807, 2.05) is 54.9 Å². The Labute approximate surface area is 171 Å². The first kappa shape index (κ1) is 19.9. The summed E-state index contributed by atoms with van der Waals surface area (Å²) in [6.07, 6.45) is 0.0440. The molecule has 7 heteroatoms. The fraction of sp³-hybridized carbons (Fsp3) is 0.217. The van der Waals surface area contributed by atoms with E-state index in [0.29, 0.717) is 19.4 Å². The molecule has 2 aromatic carbocycles. The fourth-order valence-corrected chi connectivity index (χ4v) is 3.65. The van der Waals surface area contributed by atoms with Crippen LogP contribution in [0.4, 0.5) is 18.9 Å². The Morgan fingerprint density at radius 1 is 1.03 bits per heavy atom. The van der Waals surface area contributed by atoms with Gasteiger partial charge in [0.1, 0.15) is 5.75 Å². The third-order valence-corrected chi connectivity index (χ3v) is 5.12. The zero-order chi connectivity index (χ0) is 21.1. The molecule has 1 atom stereocenters. The van der Waals surface area contributed by atoms with Crippen LogP contribution in [0.1, 0.15) is 33.9 Å². The quantitative estimate of drug-likeness (QED) is 0.608. The highest BCUT2D eigenvalue weighted by Crippen LogP contribution is 2.31. The lowest BCUT2D eigenvalue weighted by molar-refractivity contribution is -0.708. The number of alkyl halides is 3. The molecule has 4 nitrogen and oxygen atoms in total. The van der Waals surface area contributed by atoms with Gasteiger partial charge in [-0.2, -0.15) is 4.57 Å². The summed E-state index contributed by atoms with van der Waals surface area (Å²) in [6, 6.07) is 17.3. The van der Waals surface area contributed by atoms with Crippen molar-refractivity contribution >= 4 is 11.5 Å². The number of nitrogens with one attached hydrogen (secondary N) is 1. The molecule has 4 rings (SSSR count). The van der Waals surface area contributed by atoms with Crippen molar-refractivity contribution < 1.29 is 27.3 Å². The molecule has 1 heterocycles. The minimum absolute atomic E-state index is 0.209. The molecule has 1 aliphatic rings. The summed E-state index contributed by atoms with van der Waals surface area (Å²) in [4.78, 5) is 13.0. The monoisotopic (exact) mass is 413 g/mol. The van der Waals surface area contributed by atoms with Crippen molar-refractivity contribution in [1.82, 2.24) is 0 Å². The number of carbonyl (C=O) groups is 1. The van der Waals surface area contributed by atoms with Crippen molar-refractivity contribution in [1.29, 1.82) is 0 Å². The molecule has 1 N–H and O–H groups in total. The number of rotatable bonds is 5. The topological polar surface area (TPSA) is 42.2 Å². The smallest absolute Gasteiger partial charge is 0.406 e. The lowest BCUT2D eigenvalue weighted by atomic mass is 9.86. The minimum atomic E-state index is -4.79. The first-order valence-corrected chi connectivity index (χ1v) is 9.60. The number of nitrogens with zero attached hydrogens (tertiary/aromatic N) is 1. The van der Waals surface area contributed by atoms with Crippen molar-refractivity contribution in [2.45, 2.75) is 31.8 Å². The molecule has 1 unspecified atom stereocenters. The summed E-state index contributed by atoms with van der Waals surface area (Å²) in [7, 11) is 0. The van der Waals surface area contributed by atoms with Gasteiger partial charge in [0.2, 0.25) is 11.8 Å². The van der Waals surface area contributed by atoms with Gasteiger partial charge < -0.3 is 10.1 Å². The third-order valence-electron chi connectivity index (χ3n) is 5.12. The highest BCUT2D eigenvalue weighted by atomic mass is 19.4. The van der Waals surface area contributed by atoms with Gasteiger partial charge in [-0.3, -0.25) is 4.79 Å². The number of anilines is 1. The largest absolute Gasteiger partial charge is 0.573 e. The zero-order valence-corrected chi connectivity index (χ0v) is 16.0. The Morgan fingerprint density at radius 2 is 1.77 bits per heavy atom. The van der Waals surface area contributed by atoms with E-state index in [9.17, 15) is 18.0 Å². The number of benzene rings is 2. The molecule has 0 bridgehead atoms. The van der Waals surface area contributed by atoms with Crippen LogP contribution in [0.25, 0.3) is 0 Å². The maximum Gasteiger partial charge on any atom is 0.573 e. The minimum Gasteiger partial charge on any atom is -0.406 e. The maximum atomic E-state index is 13.0. The summed E-state index contributed by atoms with van der Waals surface area (Å²) < 4.78 is 43.3. The number of halogens is 3. The van der Waals surface area contributed by atoms with Crippen LogP contribution in [-0.4, -0.2) is 12.1 Å². The van der Waals surface area contributed by atoms with E-state index in [2.05, 4.69) is 10.1 Å². The third kappa shape index (κ3) is 4.62. The Kier molecular flexibility index (Phi) is 5.44. The lowest BCUT2D eigenvalue weighted by Gasteiger charge is -2.21. The lowest BCUT2D eigenvalue weighted by Crippen LogP contribution is -2.45. The van der Waals surface area contributed by atoms with Gasteiger partial charge >= 0.3 is 6.36 Å². The van der Waals surface area contributed by atoms with Crippen molar-refractivity contribution in [3.8, 4) is 5.75 Å². The van der Waals surface area contributed by atoms with E-state index >= 15 is 0 Å².